The second kappa shape index (κ2) is 6.37. The van der Waals surface area contributed by atoms with Crippen LogP contribution >= 0.6 is 11.3 Å². The molecule has 0 bridgehead atoms. The Hall–Kier alpha value is -2.10. The van der Waals surface area contributed by atoms with Crippen LogP contribution in [0.5, 0.6) is 0 Å². The van der Waals surface area contributed by atoms with E-state index in [2.05, 4.69) is 16.8 Å². The Kier molecular flexibility index (Phi) is 4.56. The predicted octanol–water partition coefficient (Wildman–Crippen LogP) is 1.10. The van der Waals surface area contributed by atoms with E-state index < -0.39 is 0 Å². The lowest BCUT2D eigenvalue weighted by Gasteiger charge is -2.16. The summed E-state index contributed by atoms with van der Waals surface area (Å²) in [6.07, 6.45) is 3.55. The first-order valence-electron chi connectivity index (χ1n) is 6.02. The summed E-state index contributed by atoms with van der Waals surface area (Å²) in [4.78, 5) is 18.8. The molecule has 20 heavy (non-hydrogen) atoms. The molecular formula is C14H15N3O2S. The number of thiophene rings is 1. The minimum atomic E-state index is -0.216. The van der Waals surface area contributed by atoms with Crippen LogP contribution in [0.15, 0.2) is 23.8 Å². The maximum Gasteiger partial charge on any atom is 0.265 e. The van der Waals surface area contributed by atoms with Crippen LogP contribution in [0.1, 0.15) is 21.1 Å². The van der Waals surface area contributed by atoms with Crippen molar-refractivity contribution in [3.63, 3.8) is 0 Å². The van der Waals surface area contributed by atoms with Crippen LogP contribution in [0.4, 0.5) is 0 Å². The van der Waals surface area contributed by atoms with Gasteiger partial charge in [0.05, 0.1) is 6.54 Å². The maximum absolute atomic E-state index is 12.4. The molecule has 0 saturated heterocycles. The van der Waals surface area contributed by atoms with E-state index in [0.717, 1.165) is 5.82 Å². The average molecular weight is 289 g/mol. The van der Waals surface area contributed by atoms with Crippen LogP contribution in [0.25, 0.3) is 0 Å². The maximum atomic E-state index is 12.4. The third kappa shape index (κ3) is 3.07. The molecule has 104 valence electrons. The highest BCUT2D eigenvalue weighted by Gasteiger charge is 2.17. The summed E-state index contributed by atoms with van der Waals surface area (Å²) in [7, 11) is 3.63. The Morgan fingerprint density at radius 2 is 2.40 bits per heavy atom. The van der Waals surface area contributed by atoms with E-state index in [1.165, 1.54) is 11.3 Å². The number of hydrogen-bond donors (Lipinski definition) is 1. The molecule has 0 fully saturated rings. The van der Waals surface area contributed by atoms with E-state index in [4.69, 9.17) is 5.11 Å². The van der Waals surface area contributed by atoms with Crippen molar-refractivity contribution >= 4 is 17.2 Å². The van der Waals surface area contributed by atoms with Gasteiger partial charge in [-0.2, -0.15) is 0 Å². The minimum Gasteiger partial charge on any atom is -0.384 e. The summed E-state index contributed by atoms with van der Waals surface area (Å²) in [5.41, 5.74) is 0.653. The number of carbonyl (C=O) groups is 1. The lowest BCUT2D eigenvalue weighted by Crippen LogP contribution is -2.27. The normalized spacial score (nSPS) is 9.95. The lowest BCUT2D eigenvalue weighted by molar-refractivity contribution is 0.0785. The quantitative estimate of drug-likeness (QED) is 0.861. The molecule has 5 nitrogen and oxygen atoms in total. The third-order valence-corrected chi connectivity index (χ3v) is 3.71. The van der Waals surface area contributed by atoms with Crippen molar-refractivity contribution in [3.8, 4) is 11.8 Å². The summed E-state index contributed by atoms with van der Waals surface area (Å²) in [6, 6.07) is 1.79. The van der Waals surface area contributed by atoms with Gasteiger partial charge in [0.15, 0.2) is 0 Å². The molecule has 0 saturated carbocycles. The first-order valence-corrected chi connectivity index (χ1v) is 6.90. The van der Waals surface area contributed by atoms with E-state index in [1.807, 2.05) is 23.2 Å². The number of aliphatic hydroxyl groups is 1. The van der Waals surface area contributed by atoms with Crippen LogP contribution in [-0.4, -0.2) is 39.1 Å². The fourth-order valence-corrected chi connectivity index (χ4v) is 2.56. The van der Waals surface area contributed by atoms with E-state index >= 15 is 0 Å². The van der Waals surface area contributed by atoms with E-state index in [1.54, 1.807) is 24.2 Å². The Morgan fingerprint density at radius 1 is 1.60 bits per heavy atom. The van der Waals surface area contributed by atoms with Crippen molar-refractivity contribution < 1.29 is 9.90 Å². The SMILES string of the molecule is CN(Cc1nccn1C)C(=O)c1sccc1C#CCO. The van der Waals surface area contributed by atoms with Crippen molar-refractivity contribution in [2.24, 2.45) is 7.05 Å². The molecule has 0 aliphatic rings. The number of imidazole rings is 1. The van der Waals surface area contributed by atoms with Gasteiger partial charge < -0.3 is 14.6 Å². The van der Waals surface area contributed by atoms with Gasteiger partial charge in [-0.25, -0.2) is 4.98 Å². The van der Waals surface area contributed by atoms with Crippen molar-refractivity contribution in [3.05, 3.63) is 40.1 Å². The first-order chi connectivity index (χ1) is 9.63. The molecule has 6 heteroatoms. The number of carbonyl (C=O) groups excluding carboxylic acids is 1. The summed E-state index contributed by atoms with van der Waals surface area (Å²) in [5.74, 6) is 6.08. The van der Waals surface area contributed by atoms with Crippen molar-refractivity contribution in [2.45, 2.75) is 6.54 Å². The summed E-state index contributed by atoms with van der Waals surface area (Å²) < 4.78 is 1.88. The number of aromatic nitrogens is 2. The molecular weight excluding hydrogens is 274 g/mol. The molecule has 2 heterocycles. The van der Waals surface area contributed by atoms with E-state index in [0.29, 0.717) is 17.0 Å². The molecule has 1 N–H and O–H groups in total. The first kappa shape index (κ1) is 14.3. The summed E-state index contributed by atoms with van der Waals surface area (Å²) >= 11 is 1.35. The Bertz CT molecular complexity index is 663. The minimum absolute atomic E-state index is 0.0924. The van der Waals surface area contributed by atoms with Crippen molar-refractivity contribution in [1.82, 2.24) is 14.5 Å². The molecule has 0 aliphatic heterocycles. The van der Waals surface area contributed by atoms with Gasteiger partial charge in [0, 0.05) is 32.1 Å². The Morgan fingerprint density at radius 3 is 3.05 bits per heavy atom. The fourth-order valence-electron chi connectivity index (χ4n) is 1.71. The number of hydrogen-bond acceptors (Lipinski definition) is 4. The largest absolute Gasteiger partial charge is 0.384 e. The fraction of sp³-hybridized carbons (Fsp3) is 0.286. The topological polar surface area (TPSA) is 58.4 Å². The smallest absolute Gasteiger partial charge is 0.265 e. The molecule has 0 aromatic carbocycles. The van der Waals surface area contributed by atoms with Gasteiger partial charge in [0.2, 0.25) is 0 Å². The lowest BCUT2D eigenvalue weighted by atomic mass is 10.2. The highest BCUT2D eigenvalue weighted by Crippen LogP contribution is 2.18. The monoisotopic (exact) mass is 289 g/mol. The Balaban J connectivity index is 2.15. The van der Waals surface area contributed by atoms with Crippen molar-refractivity contribution in [2.75, 3.05) is 13.7 Å². The Labute approximate surface area is 121 Å². The van der Waals surface area contributed by atoms with Gasteiger partial charge >= 0.3 is 0 Å². The second-order valence-corrected chi connectivity index (χ2v) is 5.15. The van der Waals surface area contributed by atoms with Gasteiger partial charge in [-0.05, 0) is 11.4 Å². The zero-order valence-corrected chi connectivity index (χ0v) is 12.1. The van der Waals surface area contributed by atoms with Crippen LogP contribution in [0.3, 0.4) is 0 Å². The van der Waals surface area contributed by atoms with Crippen molar-refractivity contribution in [1.29, 1.82) is 0 Å². The average Bonchev–Trinajstić information content (AvgIpc) is 3.05. The number of amides is 1. The van der Waals surface area contributed by atoms with Gasteiger partial charge in [0.1, 0.15) is 17.3 Å². The van der Waals surface area contributed by atoms with Gasteiger partial charge in [0.25, 0.3) is 5.91 Å². The molecule has 0 unspecified atom stereocenters. The van der Waals surface area contributed by atoms with Gasteiger partial charge in [-0.15, -0.1) is 11.3 Å². The molecule has 2 aromatic rings. The number of aryl methyl sites for hydroxylation is 1. The molecule has 2 rings (SSSR count). The van der Waals surface area contributed by atoms with Crippen LogP contribution < -0.4 is 0 Å². The van der Waals surface area contributed by atoms with Gasteiger partial charge in [-0.3, -0.25) is 4.79 Å². The molecule has 0 aliphatic carbocycles. The van der Waals surface area contributed by atoms with Crippen LogP contribution in [0, 0.1) is 11.8 Å². The number of rotatable bonds is 3. The molecule has 0 radical (unpaired) electrons. The second-order valence-electron chi connectivity index (χ2n) is 4.24. The number of aliphatic hydroxyl groups excluding tert-OH is 1. The molecule has 2 aromatic heterocycles. The predicted molar refractivity (Wildman–Crippen MR) is 77.3 cm³/mol. The third-order valence-electron chi connectivity index (χ3n) is 2.81. The van der Waals surface area contributed by atoms with E-state index in [-0.39, 0.29) is 12.5 Å². The number of nitrogens with zero attached hydrogens (tertiary/aromatic N) is 3. The highest BCUT2D eigenvalue weighted by atomic mass is 32.1. The zero-order chi connectivity index (χ0) is 14.5. The summed E-state index contributed by atoms with van der Waals surface area (Å²) in [6.45, 7) is 0.222. The standard InChI is InChI=1S/C14H15N3O2S/c1-16-7-6-15-12(16)10-17(2)14(19)13-11(4-3-8-18)5-9-20-13/h5-7,9,18H,8,10H2,1-2H3. The molecule has 0 spiro atoms. The zero-order valence-electron chi connectivity index (χ0n) is 11.3. The van der Waals surface area contributed by atoms with Crippen LogP contribution in [0.2, 0.25) is 0 Å². The molecule has 0 atom stereocenters. The van der Waals surface area contributed by atoms with Crippen LogP contribution in [-0.2, 0) is 13.6 Å². The molecule has 1 amide bonds. The summed E-state index contributed by atoms with van der Waals surface area (Å²) in [5, 5.41) is 10.6. The highest BCUT2D eigenvalue weighted by molar-refractivity contribution is 7.12. The van der Waals surface area contributed by atoms with E-state index in [9.17, 15) is 4.79 Å². The van der Waals surface area contributed by atoms with Gasteiger partial charge in [-0.1, -0.05) is 11.8 Å².